The van der Waals surface area contributed by atoms with E-state index in [1.165, 1.54) is 41.7 Å². The Morgan fingerprint density at radius 3 is 2.39 bits per heavy atom. The van der Waals surface area contributed by atoms with Crippen molar-refractivity contribution in [3.63, 3.8) is 0 Å². The summed E-state index contributed by atoms with van der Waals surface area (Å²) in [6.45, 7) is 7.11. The zero-order valence-corrected chi connectivity index (χ0v) is 18.5. The monoisotopic (exact) mass is 444 g/mol. The zero-order chi connectivity index (χ0) is 22.1. The van der Waals surface area contributed by atoms with E-state index in [0.29, 0.717) is 12.2 Å². The van der Waals surface area contributed by atoms with E-state index in [2.05, 4.69) is 44.7 Å². The van der Waals surface area contributed by atoms with Crippen LogP contribution in [0.1, 0.15) is 6.92 Å². The van der Waals surface area contributed by atoms with Crippen molar-refractivity contribution >= 4 is 35.0 Å². The first-order chi connectivity index (χ1) is 15.0. The van der Waals surface area contributed by atoms with E-state index < -0.39 is 0 Å². The molecule has 2 N–H and O–H groups in total. The smallest absolute Gasteiger partial charge is 0.234 e. The molecule has 1 atom stereocenters. The van der Waals surface area contributed by atoms with Gasteiger partial charge in [-0.2, -0.15) is 0 Å². The van der Waals surface area contributed by atoms with Gasteiger partial charge in [0.1, 0.15) is 5.82 Å². The second kappa shape index (κ2) is 11.7. The number of anilines is 2. The lowest BCUT2D eigenvalue weighted by atomic mass is 10.2. The molecule has 6 nitrogen and oxygen atoms in total. The number of carbonyl (C=O) groups is 2. The van der Waals surface area contributed by atoms with Crippen LogP contribution in [0.2, 0.25) is 0 Å². The molecular formula is C23H29FN4O2S. The average molecular weight is 445 g/mol. The minimum absolute atomic E-state index is 0.0671. The summed E-state index contributed by atoms with van der Waals surface area (Å²) in [5.41, 5.74) is 1.79. The normalized spacial score (nSPS) is 15.4. The van der Waals surface area contributed by atoms with Crippen LogP contribution in [0.4, 0.5) is 15.8 Å². The molecule has 8 heteroatoms. The van der Waals surface area contributed by atoms with Gasteiger partial charge in [-0.3, -0.25) is 14.5 Å². The number of hydrogen-bond acceptors (Lipinski definition) is 5. The summed E-state index contributed by atoms with van der Waals surface area (Å²) >= 11 is 1.28. The van der Waals surface area contributed by atoms with Gasteiger partial charge in [-0.15, -0.1) is 11.8 Å². The molecule has 31 heavy (non-hydrogen) atoms. The van der Waals surface area contributed by atoms with Crippen molar-refractivity contribution in [3.8, 4) is 0 Å². The lowest BCUT2D eigenvalue weighted by molar-refractivity contribution is -0.120. The largest absolute Gasteiger partial charge is 0.369 e. The van der Waals surface area contributed by atoms with Crippen LogP contribution in [-0.2, 0) is 9.59 Å². The molecule has 1 saturated heterocycles. The molecule has 2 amide bonds. The van der Waals surface area contributed by atoms with E-state index >= 15 is 0 Å². The van der Waals surface area contributed by atoms with Gasteiger partial charge in [-0.05, 0) is 43.3 Å². The summed E-state index contributed by atoms with van der Waals surface area (Å²) in [4.78, 5) is 29.0. The summed E-state index contributed by atoms with van der Waals surface area (Å²) in [5, 5.41) is 5.33. The molecule has 1 fully saturated rings. The highest BCUT2D eigenvalue weighted by atomic mass is 32.2. The highest BCUT2D eigenvalue weighted by Gasteiger charge is 2.18. The van der Waals surface area contributed by atoms with E-state index in [1.807, 2.05) is 6.07 Å². The molecule has 0 saturated carbocycles. The number of benzene rings is 2. The third kappa shape index (κ3) is 7.56. The Morgan fingerprint density at radius 1 is 1.03 bits per heavy atom. The molecule has 1 unspecified atom stereocenters. The molecule has 2 aromatic carbocycles. The Kier molecular flexibility index (Phi) is 8.73. The van der Waals surface area contributed by atoms with Gasteiger partial charge < -0.3 is 15.5 Å². The third-order valence-electron chi connectivity index (χ3n) is 5.18. The van der Waals surface area contributed by atoms with Gasteiger partial charge in [0.2, 0.25) is 11.8 Å². The lowest BCUT2D eigenvalue weighted by Gasteiger charge is -2.36. The summed E-state index contributed by atoms with van der Waals surface area (Å²) in [6.07, 6.45) is 0. The van der Waals surface area contributed by atoms with Gasteiger partial charge in [-0.1, -0.05) is 18.2 Å². The van der Waals surface area contributed by atoms with Gasteiger partial charge >= 0.3 is 0 Å². The van der Waals surface area contributed by atoms with Crippen LogP contribution >= 0.6 is 11.8 Å². The summed E-state index contributed by atoms with van der Waals surface area (Å²) in [5.74, 6) is -0.473. The van der Waals surface area contributed by atoms with Crippen LogP contribution in [0.15, 0.2) is 54.6 Å². The average Bonchev–Trinajstić information content (AvgIpc) is 2.80. The molecule has 0 bridgehead atoms. The highest BCUT2D eigenvalue weighted by Crippen LogP contribution is 2.16. The topological polar surface area (TPSA) is 64.7 Å². The minimum atomic E-state index is -0.351. The summed E-state index contributed by atoms with van der Waals surface area (Å²) in [7, 11) is 0. The van der Waals surface area contributed by atoms with Crippen molar-refractivity contribution < 1.29 is 14.0 Å². The van der Waals surface area contributed by atoms with Crippen LogP contribution in [-0.4, -0.2) is 67.0 Å². The number of nitrogens with one attached hydrogen (secondary N) is 2. The number of para-hydroxylation sites is 1. The first kappa shape index (κ1) is 23.1. The van der Waals surface area contributed by atoms with E-state index in [0.717, 1.165) is 32.7 Å². The quantitative estimate of drug-likeness (QED) is 0.623. The second-order valence-electron chi connectivity index (χ2n) is 7.46. The SMILES string of the molecule is CC(SCC(=O)Nc1ccc(F)cc1)C(=O)NCCN1CCN(c2ccccc2)CC1. The minimum Gasteiger partial charge on any atom is -0.369 e. The molecule has 2 aromatic rings. The number of halogens is 1. The van der Waals surface area contributed by atoms with Crippen molar-refractivity contribution in [1.82, 2.24) is 10.2 Å². The number of carbonyl (C=O) groups excluding carboxylic acids is 2. The van der Waals surface area contributed by atoms with Crippen molar-refractivity contribution in [2.45, 2.75) is 12.2 Å². The molecule has 166 valence electrons. The van der Waals surface area contributed by atoms with E-state index in [9.17, 15) is 14.0 Å². The fraction of sp³-hybridized carbons (Fsp3) is 0.391. The number of nitrogens with zero attached hydrogens (tertiary/aromatic N) is 2. The van der Waals surface area contributed by atoms with Crippen LogP contribution in [0, 0.1) is 5.82 Å². The predicted octanol–water partition coefficient (Wildman–Crippen LogP) is 2.82. The first-order valence-electron chi connectivity index (χ1n) is 10.5. The standard InChI is InChI=1S/C23H29FN4O2S/c1-18(31-17-22(29)26-20-9-7-19(24)8-10-20)23(30)25-11-12-27-13-15-28(16-14-27)21-5-3-2-4-6-21/h2-10,18H,11-17H2,1H3,(H,25,30)(H,26,29). The number of amides is 2. The fourth-order valence-electron chi connectivity index (χ4n) is 3.36. The van der Waals surface area contributed by atoms with Gasteiger partial charge in [-0.25, -0.2) is 4.39 Å². The van der Waals surface area contributed by atoms with Crippen LogP contribution < -0.4 is 15.5 Å². The van der Waals surface area contributed by atoms with Crippen molar-refractivity contribution in [3.05, 3.63) is 60.4 Å². The Hall–Kier alpha value is -2.58. The number of rotatable bonds is 9. The second-order valence-corrected chi connectivity index (χ2v) is 8.79. The third-order valence-corrected chi connectivity index (χ3v) is 6.33. The molecule has 3 rings (SSSR count). The summed E-state index contributed by atoms with van der Waals surface area (Å²) < 4.78 is 12.9. The van der Waals surface area contributed by atoms with Gasteiger partial charge in [0.15, 0.2) is 0 Å². The maximum absolute atomic E-state index is 12.9. The number of hydrogen-bond donors (Lipinski definition) is 2. The maximum atomic E-state index is 12.9. The molecule has 0 spiro atoms. The summed E-state index contributed by atoms with van der Waals surface area (Å²) in [6, 6.07) is 16.0. The molecule has 1 aliphatic rings. The molecular weight excluding hydrogens is 415 g/mol. The Morgan fingerprint density at radius 2 is 1.71 bits per heavy atom. The Bertz CT molecular complexity index is 842. The fourth-order valence-corrected chi connectivity index (χ4v) is 4.06. The molecule has 0 aliphatic carbocycles. The van der Waals surface area contributed by atoms with Crippen LogP contribution in [0.25, 0.3) is 0 Å². The Labute approximate surface area is 187 Å². The zero-order valence-electron chi connectivity index (χ0n) is 17.7. The van der Waals surface area contributed by atoms with E-state index in [-0.39, 0.29) is 28.6 Å². The number of piperazine rings is 1. The van der Waals surface area contributed by atoms with Crippen molar-refractivity contribution in [1.29, 1.82) is 0 Å². The van der Waals surface area contributed by atoms with Crippen molar-refractivity contribution in [2.24, 2.45) is 0 Å². The van der Waals surface area contributed by atoms with Crippen molar-refractivity contribution in [2.75, 3.05) is 55.2 Å². The predicted molar refractivity (Wildman–Crippen MR) is 125 cm³/mol. The first-order valence-corrected chi connectivity index (χ1v) is 11.5. The van der Waals surface area contributed by atoms with Gasteiger partial charge in [0, 0.05) is 50.6 Å². The van der Waals surface area contributed by atoms with Gasteiger partial charge in [0.25, 0.3) is 0 Å². The van der Waals surface area contributed by atoms with Gasteiger partial charge in [0.05, 0.1) is 11.0 Å². The molecule has 1 heterocycles. The highest BCUT2D eigenvalue weighted by molar-refractivity contribution is 8.01. The van der Waals surface area contributed by atoms with Crippen LogP contribution in [0.5, 0.6) is 0 Å². The van der Waals surface area contributed by atoms with E-state index in [1.54, 1.807) is 6.92 Å². The molecule has 0 radical (unpaired) electrons. The molecule has 1 aliphatic heterocycles. The Balaban J connectivity index is 1.29. The number of thioether (sulfide) groups is 1. The lowest BCUT2D eigenvalue weighted by Crippen LogP contribution is -2.48. The van der Waals surface area contributed by atoms with E-state index in [4.69, 9.17) is 0 Å². The maximum Gasteiger partial charge on any atom is 0.234 e. The van der Waals surface area contributed by atoms with Crippen LogP contribution in [0.3, 0.4) is 0 Å². The molecule has 0 aromatic heterocycles.